The molecular weight excluding hydrogens is 314 g/mol. The minimum Gasteiger partial charge on any atom is -0.353 e. The highest BCUT2D eigenvalue weighted by molar-refractivity contribution is 7.98. The lowest BCUT2D eigenvalue weighted by Gasteiger charge is -2.24. The number of thioether (sulfide) groups is 1. The van der Waals surface area contributed by atoms with Gasteiger partial charge in [0.25, 0.3) is 0 Å². The van der Waals surface area contributed by atoms with Crippen molar-refractivity contribution in [3.8, 4) is 0 Å². The van der Waals surface area contributed by atoms with Gasteiger partial charge in [-0.3, -0.25) is 4.79 Å². The number of likely N-dealkylation sites (N-methyl/N-ethyl adjacent to an activating group) is 1. The summed E-state index contributed by atoms with van der Waals surface area (Å²) in [5.41, 5.74) is 5.85. The van der Waals surface area contributed by atoms with Crippen LogP contribution in [-0.2, 0) is 4.79 Å². The van der Waals surface area contributed by atoms with Gasteiger partial charge in [0.2, 0.25) is 5.91 Å². The highest BCUT2D eigenvalue weighted by atomic mass is 35.5. The van der Waals surface area contributed by atoms with E-state index in [0.717, 1.165) is 12.2 Å². The molecule has 3 N–H and O–H groups in total. The lowest BCUT2D eigenvalue weighted by Crippen LogP contribution is -2.43. The van der Waals surface area contributed by atoms with E-state index in [4.69, 9.17) is 5.73 Å². The van der Waals surface area contributed by atoms with Crippen LogP contribution in [0, 0.1) is 0 Å². The minimum atomic E-state index is -0.404. The molecule has 0 saturated heterocycles. The second kappa shape index (κ2) is 10.5. The highest BCUT2D eigenvalue weighted by Crippen LogP contribution is 2.22. The summed E-state index contributed by atoms with van der Waals surface area (Å²) in [6.07, 6.45) is 2.74. The van der Waals surface area contributed by atoms with Crippen molar-refractivity contribution in [2.75, 3.05) is 32.6 Å². The molecule has 1 rings (SSSR count). The van der Waals surface area contributed by atoms with Crippen LogP contribution >= 0.6 is 35.5 Å². The molecule has 20 heavy (non-hydrogen) atoms. The molecule has 1 heterocycles. The molecule has 4 nitrogen and oxygen atoms in total. The van der Waals surface area contributed by atoms with Crippen LogP contribution in [0.3, 0.4) is 0 Å². The number of carbonyl (C=O) groups excluding carboxylic acids is 1. The van der Waals surface area contributed by atoms with Crippen molar-refractivity contribution in [2.45, 2.75) is 18.5 Å². The zero-order valence-corrected chi connectivity index (χ0v) is 14.6. The standard InChI is InChI=1S/C13H23N3OS2.ClH/c1-16(2)11(12-5-4-7-19-12)9-15-13(17)10(14)6-8-18-3;/h4-5,7,10-11H,6,8-9,14H2,1-3H3,(H,15,17);1H/t10-,11?;/m0./s1. The van der Waals surface area contributed by atoms with Crippen molar-refractivity contribution < 1.29 is 4.79 Å². The number of amides is 1. The Morgan fingerprint density at radius 1 is 1.55 bits per heavy atom. The highest BCUT2D eigenvalue weighted by Gasteiger charge is 2.18. The Kier molecular flexibility index (Phi) is 10.3. The summed E-state index contributed by atoms with van der Waals surface area (Å²) in [6.45, 7) is 0.597. The number of halogens is 1. The largest absolute Gasteiger partial charge is 0.353 e. The van der Waals surface area contributed by atoms with E-state index >= 15 is 0 Å². The monoisotopic (exact) mass is 337 g/mol. The van der Waals surface area contributed by atoms with Crippen LogP contribution in [-0.4, -0.2) is 49.5 Å². The van der Waals surface area contributed by atoms with Crippen molar-refractivity contribution in [1.29, 1.82) is 0 Å². The molecule has 1 aromatic heterocycles. The molecule has 116 valence electrons. The number of nitrogens with zero attached hydrogens (tertiary/aromatic N) is 1. The number of nitrogens with two attached hydrogens (primary N) is 1. The van der Waals surface area contributed by atoms with Crippen LogP contribution in [0.1, 0.15) is 17.3 Å². The van der Waals surface area contributed by atoms with Crippen molar-refractivity contribution in [3.05, 3.63) is 22.4 Å². The normalized spacial score (nSPS) is 13.7. The Balaban J connectivity index is 0.00000361. The zero-order chi connectivity index (χ0) is 14.3. The van der Waals surface area contributed by atoms with E-state index in [9.17, 15) is 4.79 Å². The molecule has 7 heteroatoms. The molecular formula is C13H24ClN3OS2. The number of carbonyl (C=O) groups is 1. The fourth-order valence-electron chi connectivity index (χ4n) is 1.72. The molecule has 0 aliphatic rings. The molecule has 0 bridgehead atoms. The quantitative estimate of drug-likeness (QED) is 0.761. The third kappa shape index (κ3) is 6.45. The van der Waals surface area contributed by atoms with E-state index in [-0.39, 0.29) is 24.4 Å². The summed E-state index contributed by atoms with van der Waals surface area (Å²) >= 11 is 3.41. The molecule has 0 aliphatic heterocycles. The van der Waals surface area contributed by atoms with Gasteiger partial charge in [-0.05, 0) is 44.0 Å². The van der Waals surface area contributed by atoms with Crippen molar-refractivity contribution >= 4 is 41.4 Å². The number of thiophene rings is 1. The van der Waals surface area contributed by atoms with Gasteiger partial charge in [-0.1, -0.05) is 6.07 Å². The van der Waals surface area contributed by atoms with E-state index in [2.05, 4.69) is 21.7 Å². The Morgan fingerprint density at radius 2 is 2.25 bits per heavy atom. The Morgan fingerprint density at radius 3 is 2.75 bits per heavy atom. The first-order valence-electron chi connectivity index (χ1n) is 6.28. The topological polar surface area (TPSA) is 58.4 Å². The third-order valence-corrected chi connectivity index (χ3v) is 4.55. The maximum Gasteiger partial charge on any atom is 0.237 e. The lowest BCUT2D eigenvalue weighted by molar-refractivity contribution is -0.122. The summed E-state index contributed by atoms with van der Waals surface area (Å²) in [6, 6.07) is 3.92. The number of rotatable bonds is 8. The van der Waals surface area contributed by atoms with Crippen molar-refractivity contribution in [1.82, 2.24) is 10.2 Å². The average Bonchev–Trinajstić information content (AvgIpc) is 2.89. The predicted octanol–water partition coefficient (Wildman–Crippen LogP) is 1.97. The SMILES string of the molecule is CSCC[C@H](N)C(=O)NCC(c1cccs1)N(C)C.Cl. The van der Waals surface area contributed by atoms with Gasteiger partial charge in [0, 0.05) is 11.4 Å². The van der Waals surface area contributed by atoms with E-state index in [0.29, 0.717) is 6.54 Å². The molecule has 1 aromatic rings. The molecule has 0 spiro atoms. The van der Waals surface area contributed by atoms with Gasteiger partial charge in [0.1, 0.15) is 0 Å². The second-order valence-electron chi connectivity index (χ2n) is 4.63. The van der Waals surface area contributed by atoms with Gasteiger partial charge in [-0.2, -0.15) is 11.8 Å². The van der Waals surface area contributed by atoms with Crippen molar-refractivity contribution in [2.24, 2.45) is 5.73 Å². The summed E-state index contributed by atoms with van der Waals surface area (Å²) in [5, 5.41) is 5.01. The van der Waals surface area contributed by atoms with Gasteiger partial charge in [-0.15, -0.1) is 23.7 Å². The Hall–Kier alpha value is -0.270. The average molecular weight is 338 g/mol. The Bertz CT molecular complexity index is 374. The first kappa shape index (κ1) is 19.7. The third-order valence-electron chi connectivity index (χ3n) is 2.93. The molecule has 2 atom stereocenters. The predicted molar refractivity (Wildman–Crippen MR) is 92.0 cm³/mol. The fourth-order valence-corrected chi connectivity index (χ4v) is 3.14. The van der Waals surface area contributed by atoms with Crippen LogP contribution in [0.5, 0.6) is 0 Å². The van der Waals surface area contributed by atoms with Gasteiger partial charge in [0.05, 0.1) is 12.1 Å². The van der Waals surface area contributed by atoms with Crippen molar-refractivity contribution in [3.63, 3.8) is 0 Å². The number of hydrogen-bond acceptors (Lipinski definition) is 5. The molecule has 1 amide bonds. The molecule has 0 fully saturated rings. The summed E-state index contributed by atoms with van der Waals surface area (Å²) in [7, 11) is 4.04. The first-order chi connectivity index (χ1) is 9.06. The van der Waals surface area contributed by atoms with Crippen LogP contribution < -0.4 is 11.1 Å². The molecule has 0 saturated carbocycles. The molecule has 0 aliphatic carbocycles. The molecule has 0 radical (unpaired) electrons. The summed E-state index contributed by atoms with van der Waals surface area (Å²) in [4.78, 5) is 15.2. The van der Waals surface area contributed by atoms with Gasteiger partial charge >= 0.3 is 0 Å². The number of hydrogen-bond donors (Lipinski definition) is 2. The van der Waals surface area contributed by atoms with Crippen LogP contribution in [0.4, 0.5) is 0 Å². The zero-order valence-electron chi connectivity index (χ0n) is 12.2. The van der Waals surface area contributed by atoms with E-state index in [1.165, 1.54) is 4.88 Å². The number of nitrogens with one attached hydrogen (secondary N) is 1. The van der Waals surface area contributed by atoms with Crippen LogP contribution in [0.25, 0.3) is 0 Å². The second-order valence-corrected chi connectivity index (χ2v) is 6.59. The van der Waals surface area contributed by atoms with Gasteiger partial charge < -0.3 is 16.0 Å². The van der Waals surface area contributed by atoms with Gasteiger partial charge in [0.15, 0.2) is 0 Å². The maximum atomic E-state index is 11.9. The van der Waals surface area contributed by atoms with E-state index in [1.807, 2.05) is 26.4 Å². The summed E-state index contributed by atoms with van der Waals surface area (Å²) < 4.78 is 0. The molecule has 0 aromatic carbocycles. The fraction of sp³-hybridized carbons (Fsp3) is 0.615. The Labute approximate surface area is 135 Å². The maximum absolute atomic E-state index is 11.9. The van der Waals surface area contributed by atoms with Crippen LogP contribution in [0.2, 0.25) is 0 Å². The van der Waals surface area contributed by atoms with Gasteiger partial charge in [-0.25, -0.2) is 0 Å². The molecule has 1 unspecified atom stereocenters. The first-order valence-corrected chi connectivity index (χ1v) is 8.55. The van der Waals surface area contributed by atoms with E-state index in [1.54, 1.807) is 23.1 Å². The smallest absolute Gasteiger partial charge is 0.237 e. The minimum absolute atomic E-state index is 0. The summed E-state index contributed by atoms with van der Waals surface area (Å²) in [5.74, 6) is 0.855. The lowest BCUT2D eigenvalue weighted by atomic mass is 10.2. The van der Waals surface area contributed by atoms with Crippen LogP contribution in [0.15, 0.2) is 17.5 Å². The van der Waals surface area contributed by atoms with E-state index < -0.39 is 6.04 Å².